The maximum atomic E-state index is 5.67. The Morgan fingerprint density at radius 1 is 1.24 bits per heavy atom. The molecule has 1 aliphatic rings. The Bertz CT molecular complexity index is 645. The van der Waals surface area contributed by atoms with Gasteiger partial charge in [-0.1, -0.05) is 25.3 Å². The van der Waals surface area contributed by atoms with Crippen LogP contribution in [0.3, 0.4) is 0 Å². The largest absolute Gasteiger partial charge is 0.375 e. The number of thiazole rings is 1. The second-order valence-electron chi connectivity index (χ2n) is 5.93. The van der Waals surface area contributed by atoms with Crippen LogP contribution >= 0.6 is 11.3 Å². The topological polar surface area (TPSA) is 43.8 Å². The second-order valence-corrected chi connectivity index (χ2v) is 6.82. The first-order valence-electron chi connectivity index (χ1n) is 7.72. The Labute approximate surface area is 130 Å². The number of anilines is 1. The third-order valence-electron chi connectivity index (χ3n) is 4.44. The summed E-state index contributed by atoms with van der Waals surface area (Å²) in [5.41, 5.74) is 10.7. The molecule has 3 nitrogen and oxygen atoms in total. The zero-order chi connectivity index (χ0) is 14.8. The van der Waals surface area contributed by atoms with Crippen LogP contribution in [0.25, 0.3) is 12.2 Å². The highest BCUT2D eigenvalue weighted by Gasteiger charge is 2.19. The van der Waals surface area contributed by atoms with E-state index in [0.717, 1.165) is 5.69 Å². The highest BCUT2D eigenvalue weighted by atomic mass is 32.1. The van der Waals surface area contributed by atoms with Gasteiger partial charge in [-0.15, -0.1) is 11.3 Å². The third-order valence-corrected chi connectivity index (χ3v) is 5.13. The molecule has 1 fully saturated rings. The number of hydrogen-bond acceptors (Lipinski definition) is 3. The van der Waals surface area contributed by atoms with Gasteiger partial charge >= 0.3 is 0 Å². The van der Waals surface area contributed by atoms with Gasteiger partial charge in [0.2, 0.25) is 0 Å². The fourth-order valence-corrected chi connectivity index (χ4v) is 3.96. The molecule has 2 heterocycles. The van der Waals surface area contributed by atoms with E-state index in [1.54, 1.807) is 0 Å². The molecule has 0 radical (unpaired) electrons. The molecule has 3 rings (SSSR count). The van der Waals surface area contributed by atoms with E-state index in [4.69, 9.17) is 5.73 Å². The molecule has 0 unspecified atom stereocenters. The van der Waals surface area contributed by atoms with E-state index in [-0.39, 0.29) is 0 Å². The predicted octanol–water partition coefficient (Wildman–Crippen LogP) is 4.82. The van der Waals surface area contributed by atoms with Gasteiger partial charge in [0, 0.05) is 22.8 Å². The summed E-state index contributed by atoms with van der Waals surface area (Å²) in [6.45, 7) is 4.45. The summed E-state index contributed by atoms with van der Waals surface area (Å²) in [7, 11) is 0. The molecule has 0 spiro atoms. The molecule has 2 N–H and O–H groups in total. The molecule has 4 heteroatoms. The first-order chi connectivity index (χ1) is 10.1. The average Bonchev–Trinajstić information content (AvgIpc) is 3.01. The quantitative estimate of drug-likeness (QED) is 0.883. The highest BCUT2D eigenvalue weighted by Crippen LogP contribution is 2.32. The molecule has 2 aromatic heterocycles. The summed E-state index contributed by atoms with van der Waals surface area (Å²) in [4.78, 5) is 4.28. The molecule has 2 aromatic rings. The zero-order valence-electron chi connectivity index (χ0n) is 12.8. The Morgan fingerprint density at radius 2 is 2.00 bits per heavy atom. The smallest absolute Gasteiger partial charge is 0.180 e. The van der Waals surface area contributed by atoms with Crippen molar-refractivity contribution in [2.24, 2.45) is 0 Å². The number of aromatic nitrogens is 2. The van der Waals surface area contributed by atoms with Crippen LogP contribution < -0.4 is 5.73 Å². The van der Waals surface area contributed by atoms with Crippen LogP contribution in [0.1, 0.15) is 60.8 Å². The van der Waals surface area contributed by atoms with E-state index in [2.05, 4.69) is 41.6 Å². The average molecular weight is 301 g/mol. The van der Waals surface area contributed by atoms with Crippen molar-refractivity contribution < 1.29 is 0 Å². The number of nitrogens with two attached hydrogens (primary N) is 1. The van der Waals surface area contributed by atoms with Crippen molar-refractivity contribution in [3.63, 3.8) is 0 Å². The van der Waals surface area contributed by atoms with E-state index in [1.165, 1.54) is 60.4 Å². The van der Waals surface area contributed by atoms with Gasteiger partial charge in [0.05, 0.1) is 5.69 Å². The minimum absolute atomic E-state index is 0.627. The van der Waals surface area contributed by atoms with Gasteiger partial charge < -0.3 is 10.3 Å². The van der Waals surface area contributed by atoms with Gasteiger partial charge in [-0.3, -0.25) is 0 Å². The van der Waals surface area contributed by atoms with E-state index >= 15 is 0 Å². The Hall–Kier alpha value is -1.55. The van der Waals surface area contributed by atoms with Crippen LogP contribution in [-0.4, -0.2) is 9.55 Å². The molecule has 0 amide bonds. The maximum absolute atomic E-state index is 5.67. The Balaban J connectivity index is 1.85. The van der Waals surface area contributed by atoms with Crippen molar-refractivity contribution in [2.75, 3.05) is 5.73 Å². The number of aryl methyl sites for hydroxylation is 1. The number of hydrogen-bond donors (Lipinski definition) is 1. The normalized spacial score (nSPS) is 16.9. The summed E-state index contributed by atoms with van der Waals surface area (Å²) in [5.74, 6) is 0. The highest BCUT2D eigenvalue weighted by molar-refractivity contribution is 7.13. The van der Waals surface area contributed by atoms with Gasteiger partial charge in [0.25, 0.3) is 0 Å². The molecular weight excluding hydrogens is 278 g/mol. The van der Waals surface area contributed by atoms with Crippen LogP contribution in [0, 0.1) is 13.8 Å². The lowest BCUT2D eigenvalue weighted by molar-refractivity contribution is 0.346. The molecular formula is C17H23N3S. The minimum Gasteiger partial charge on any atom is -0.375 e. The first-order valence-corrected chi connectivity index (χ1v) is 8.60. The molecule has 0 aliphatic heterocycles. The van der Waals surface area contributed by atoms with Crippen LogP contribution in [-0.2, 0) is 0 Å². The van der Waals surface area contributed by atoms with Crippen LogP contribution in [0.4, 0.5) is 5.13 Å². The fourth-order valence-electron chi connectivity index (χ4n) is 3.42. The standard InChI is InChI=1S/C17H23N3S/c1-12-10-14(8-9-15-11-21-17(18)19-15)13(2)20(12)16-6-4-3-5-7-16/h8-11,16H,3-7H2,1-2H3,(H2,18,19)/b9-8+. The van der Waals surface area contributed by atoms with E-state index in [0.29, 0.717) is 11.2 Å². The summed E-state index contributed by atoms with van der Waals surface area (Å²) in [5, 5.41) is 2.62. The van der Waals surface area contributed by atoms with Crippen LogP contribution in [0.5, 0.6) is 0 Å². The van der Waals surface area contributed by atoms with Crippen LogP contribution in [0.15, 0.2) is 11.4 Å². The molecule has 0 aromatic carbocycles. The monoisotopic (exact) mass is 301 g/mol. The van der Waals surface area contributed by atoms with Crippen molar-refractivity contribution in [1.82, 2.24) is 9.55 Å². The lowest BCUT2D eigenvalue weighted by Crippen LogP contribution is -2.15. The minimum atomic E-state index is 0.627. The molecule has 0 bridgehead atoms. The lowest BCUT2D eigenvalue weighted by Gasteiger charge is -2.26. The fraction of sp³-hybridized carbons (Fsp3) is 0.471. The van der Waals surface area contributed by atoms with Crippen molar-refractivity contribution in [2.45, 2.75) is 52.0 Å². The molecule has 1 saturated carbocycles. The summed E-state index contributed by atoms with van der Waals surface area (Å²) >= 11 is 1.49. The van der Waals surface area contributed by atoms with E-state index in [9.17, 15) is 0 Å². The Morgan fingerprint density at radius 3 is 2.67 bits per heavy atom. The summed E-state index contributed by atoms with van der Waals surface area (Å²) in [6.07, 6.45) is 11.0. The predicted molar refractivity (Wildman–Crippen MR) is 91.5 cm³/mol. The van der Waals surface area contributed by atoms with Crippen LogP contribution in [0.2, 0.25) is 0 Å². The Kier molecular flexibility index (Phi) is 4.15. The van der Waals surface area contributed by atoms with E-state index < -0.39 is 0 Å². The maximum Gasteiger partial charge on any atom is 0.180 e. The number of nitrogens with zero attached hydrogens (tertiary/aromatic N) is 2. The molecule has 0 atom stereocenters. The molecule has 21 heavy (non-hydrogen) atoms. The van der Waals surface area contributed by atoms with Crippen molar-refractivity contribution in [3.05, 3.63) is 34.1 Å². The van der Waals surface area contributed by atoms with Gasteiger partial charge in [0.15, 0.2) is 5.13 Å². The van der Waals surface area contributed by atoms with Crippen molar-refractivity contribution in [3.8, 4) is 0 Å². The van der Waals surface area contributed by atoms with Crippen molar-refractivity contribution in [1.29, 1.82) is 0 Å². The number of nitrogen functional groups attached to an aromatic ring is 1. The lowest BCUT2D eigenvalue weighted by atomic mass is 9.95. The van der Waals surface area contributed by atoms with Crippen molar-refractivity contribution >= 4 is 28.6 Å². The molecule has 1 aliphatic carbocycles. The summed E-state index contributed by atoms with van der Waals surface area (Å²) in [6, 6.07) is 2.98. The summed E-state index contributed by atoms with van der Waals surface area (Å²) < 4.78 is 2.54. The zero-order valence-corrected chi connectivity index (χ0v) is 13.6. The SMILES string of the molecule is Cc1cc(/C=C/c2csc(N)n2)c(C)n1C1CCCCC1. The van der Waals surface area contributed by atoms with E-state index in [1.807, 2.05) is 5.38 Å². The number of rotatable bonds is 3. The van der Waals surface area contributed by atoms with Gasteiger partial charge in [-0.05, 0) is 44.4 Å². The molecule has 0 saturated heterocycles. The third kappa shape index (κ3) is 3.05. The van der Waals surface area contributed by atoms with Gasteiger partial charge in [-0.25, -0.2) is 4.98 Å². The first kappa shape index (κ1) is 14.4. The van der Waals surface area contributed by atoms with Gasteiger partial charge in [-0.2, -0.15) is 0 Å². The second kappa shape index (κ2) is 6.06. The van der Waals surface area contributed by atoms with Gasteiger partial charge in [0.1, 0.15) is 0 Å². The molecule has 112 valence electrons.